The molecule has 4 rings (SSSR count). The second kappa shape index (κ2) is 9.85. The molecule has 0 saturated carbocycles. The summed E-state index contributed by atoms with van der Waals surface area (Å²) in [5, 5.41) is 0.767. The highest BCUT2D eigenvalue weighted by molar-refractivity contribution is 6.33. The monoisotopic (exact) mass is 486 g/mol. The fourth-order valence-corrected chi connectivity index (χ4v) is 4.33. The molecule has 1 fully saturated rings. The summed E-state index contributed by atoms with van der Waals surface area (Å²) in [7, 11) is 0. The molecule has 3 aromatic rings. The molecule has 1 aliphatic rings. The Labute approximate surface area is 200 Å². The summed E-state index contributed by atoms with van der Waals surface area (Å²) in [6.07, 6.45) is -0.326. The first kappa shape index (κ1) is 23.8. The van der Waals surface area contributed by atoms with Crippen LogP contribution in [0.5, 0.6) is 5.75 Å². The normalized spacial score (nSPS) is 14.8. The zero-order valence-electron chi connectivity index (χ0n) is 18.8. The van der Waals surface area contributed by atoms with Gasteiger partial charge in [-0.25, -0.2) is 9.18 Å². The predicted octanol–water partition coefficient (Wildman–Crippen LogP) is 4.10. The highest BCUT2D eigenvalue weighted by atomic mass is 35.5. The third-order valence-electron chi connectivity index (χ3n) is 5.84. The molecule has 1 saturated heterocycles. The van der Waals surface area contributed by atoms with Crippen LogP contribution in [-0.2, 0) is 9.59 Å². The van der Waals surface area contributed by atoms with Crippen molar-refractivity contribution < 1.29 is 23.1 Å². The Kier molecular flexibility index (Phi) is 6.88. The van der Waals surface area contributed by atoms with Crippen LogP contribution >= 0.6 is 11.6 Å². The number of carbonyl (C=O) groups excluding carboxylic acids is 2. The van der Waals surface area contributed by atoms with Crippen molar-refractivity contribution in [2.45, 2.75) is 26.4 Å². The first-order valence-electron chi connectivity index (χ1n) is 11.0. The summed E-state index contributed by atoms with van der Waals surface area (Å²) in [5.41, 5.74) is 0.667. The minimum absolute atomic E-state index is 0.0790. The third kappa shape index (κ3) is 4.92. The van der Waals surface area contributed by atoms with E-state index < -0.39 is 17.5 Å². The fourth-order valence-electron chi connectivity index (χ4n) is 4.06. The Morgan fingerprint density at radius 1 is 1.06 bits per heavy atom. The van der Waals surface area contributed by atoms with E-state index in [0.717, 1.165) is 0 Å². The number of benzene rings is 2. The molecule has 34 heavy (non-hydrogen) atoms. The van der Waals surface area contributed by atoms with E-state index >= 15 is 0 Å². The summed E-state index contributed by atoms with van der Waals surface area (Å²) >= 11 is 6.20. The maximum Gasteiger partial charge on any atom is 0.336 e. The SMILES string of the molecule is CCC(=O)N1CCN(C(=O)[C@@H](C)Oc2ccc3c(-c4ccc(F)cc4Cl)cc(=O)oc3c2)CC1. The van der Waals surface area contributed by atoms with E-state index in [-0.39, 0.29) is 22.4 Å². The van der Waals surface area contributed by atoms with Crippen LogP contribution in [0.15, 0.2) is 51.7 Å². The lowest BCUT2D eigenvalue weighted by Crippen LogP contribution is -2.53. The number of halogens is 2. The smallest absolute Gasteiger partial charge is 0.336 e. The number of piperazine rings is 1. The number of rotatable bonds is 5. The van der Waals surface area contributed by atoms with Crippen molar-refractivity contribution in [1.82, 2.24) is 9.80 Å². The van der Waals surface area contributed by atoms with Gasteiger partial charge in [0.1, 0.15) is 17.1 Å². The number of fused-ring (bicyclic) bond motifs is 1. The topological polar surface area (TPSA) is 80.1 Å². The molecule has 1 aliphatic heterocycles. The van der Waals surface area contributed by atoms with Crippen molar-refractivity contribution >= 4 is 34.4 Å². The van der Waals surface area contributed by atoms with Crippen molar-refractivity contribution in [3.63, 3.8) is 0 Å². The van der Waals surface area contributed by atoms with Crippen LogP contribution in [0, 0.1) is 5.82 Å². The van der Waals surface area contributed by atoms with Crippen LogP contribution in [0.4, 0.5) is 4.39 Å². The molecule has 0 spiro atoms. The van der Waals surface area contributed by atoms with Gasteiger partial charge in [-0.15, -0.1) is 0 Å². The molecule has 0 aliphatic carbocycles. The Bertz CT molecular complexity index is 1300. The molecule has 7 nitrogen and oxygen atoms in total. The molecule has 9 heteroatoms. The minimum atomic E-state index is -0.771. The van der Waals surface area contributed by atoms with Gasteiger partial charge in [-0.2, -0.15) is 0 Å². The molecule has 0 unspecified atom stereocenters. The number of ether oxygens (including phenoxy) is 1. The lowest BCUT2D eigenvalue weighted by atomic mass is 10.0. The van der Waals surface area contributed by atoms with Gasteiger partial charge in [-0.05, 0) is 37.3 Å². The van der Waals surface area contributed by atoms with Gasteiger partial charge in [0.05, 0.1) is 5.02 Å². The van der Waals surface area contributed by atoms with Crippen molar-refractivity contribution in [1.29, 1.82) is 0 Å². The van der Waals surface area contributed by atoms with Crippen molar-refractivity contribution in [3.8, 4) is 16.9 Å². The van der Waals surface area contributed by atoms with Crippen LogP contribution in [0.1, 0.15) is 20.3 Å². The van der Waals surface area contributed by atoms with Gasteiger partial charge in [0, 0.05) is 61.2 Å². The van der Waals surface area contributed by atoms with E-state index in [1.54, 1.807) is 34.9 Å². The van der Waals surface area contributed by atoms with Crippen LogP contribution < -0.4 is 10.4 Å². The number of hydrogen-bond donors (Lipinski definition) is 0. The Hall–Kier alpha value is -3.39. The lowest BCUT2D eigenvalue weighted by molar-refractivity contribution is -0.143. The van der Waals surface area contributed by atoms with E-state index in [0.29, 0.717) is 54.9 Å². The molecule has 0 N–H and O–H groups in total. The van der Waals surface area contributed by atoms with E-state index in [9.17, 15) is 18.8 Å². The maximum absolute atomic E-state index is 13.5. The summed E-state index contributed by atoms with van der Waals surface area (Å²) in [6.45, 7) is 5.38. The van der Waals surface area contributed by atoms with Crippen LogP contribution in [0.3, 0.4) is 0 Å². The standard InChI is InChI=1S/C25H24ClFN2O5/c1-3-23(30)28-8-10-29(11-9-28)25(32)15(2)33-17-5-7-19-20(14-24(31)34-22(19)13-17)18-6-4-16(27)12-21(18)26/h4-7,12-15H,3,8-11H2,1-2H3/t15-/m1/s1. The average molecular weight is 487 g/mol. The summed E-state index contributed by atoms with van der Waals surface area (Å²) in [4.78, 5) is 40.3. The molecule has 178 valence electrons. The van der Waals surface area contributed by atoms with Crippen molar-refractivity contribution in [3.05, 3.63) is 63.7 Å². The van der Waals surface area contributed by atoms with Gasteiger partial charge < -0.3 is 19.0 Å². The van der Waals surface area contributed by atoms with Crippen LogP contribution in [-0.4, -0.2) is 53.9 Å². The Balaban J connectivity index is 1.53. The van der Waals surface area contributed by atoms with Crippen molar-refractivity contribution in [2.24, 2.45) is 0 Å². The van der Waals surface area contributed by atoms with Crippen molar-refractivity contribution in [2.75, 3.05) is 26.2 Å². The van der Waals surface area contributed by atoms with Gasteiger partial charge in [0.2, 0.25) is 5.91 Å². The maximum atomic E-state index is 13.5. The molecule has 1 atom stereocenters. The molecule has 2 amide bonds. The highest BCUT2D eigenvalue weighted by Crippen LogP contribution is 2.34. The molecule has 2 aromatic carbocycles. The molecule has 1 aromatic heterocycles. The summed E-state index contributed by atoms with van der Waals surface area (Å²) < 4.78 is 24.7. The number of hydrogen-bond acceptors (Lipinski definition) is 5. The largest absolute Gasteiger partial charge is 0.481 e. The summed E-state index contributed by atoms with van der Waals surface area (Å²) in [6, 6.07) is 10.2. The minimum Gasteiger partial charge on any atom is -0.481 e. The quantitative estimate of drug-likeness (QED) is 0.507. The van der Waals surface area contributed by atoms with E-state index in [1.807, 2.05) is 6.92 Å². The molecular formula is C25H24ClFN2O5. The number of carbonyl (C=O) groups is 2. The van der Waals surface area contributed by atoms with E-state index in [2.05, 4.69) is 0 Å². The van der Waals surface area contributed by atoms with Gasteiger partial charge in [-0.3, -0.25) is 9.59 Å². The van der Waals surface area contributed by atoms with Crippen LogP contribution in [0.2, 0.25) is 5.02 Å². The Morgan fingerprint density at radius 3 is 2.44 bits per heavy atom. The fraction of sp³-hybridized carbons (Fsp3) is 0.320. The number of amides is 2. The van der Waals surface area contributed by atoms with Gasteiger partial charge in [0.15, 0.2) is 6.10 Å². The molecule has 0 radical (unpaired) electrons. The summed E-state index contributed by atoms with van der Waals surface area (Å²) in [5.74, 6) is -0.222. The third-order valence-corrected chi connectivity index (χ3v) is 6.16. The Morgan fingerprint density at radius 2 is 1.76 bits per heavy atom. The lowest BCUT2D eigenvalue weighted by Gasteiger charge is -2.35. The molecular weight excluding hydrogens is 463 g/mol. The first-order chi connectivity index (χ1) is 16.3. The molecule has 2 heterocycles. The molecule has 0 bridgehead atoms. The number of nitrogens with zero attached hydrogens (tertiary/aromatic N) is 2. The van der Waals surface area contributed by atoms with Crippen LogP contribution in [0.25, 0.3) is 22.1 Å². The van der Waals surface area contributed by atoms with Gasteiger partial charge in [-0.1, -0.05) is 18.5 Å². The van der Waals surface area contributed by atoms with Gasteiger partial charge >= 0.3 is 5.63 Å². The first-order valence-corrected chi connectivity index (χ1v) is 11.4. The van der Waals surface area contributed by atoms with E-state index in [1.165, 1.54) is 24.3 Å². The van der Waals surface area contributed by atoms with Gasteiger partial charge in [0.25, 0.3) is 5.91 Å². The second-order valence-corrected chi connectivity index (χ2v) is 8.49. The van der Waals surface area contributed by atoms with E-state index in [4.69, 9.17) is 20.8 Å². The highest BCUT2D eigenvalue weighted by Gasteiger charge is 2.27. The zero-order chi connectivity index (χ0) is 24.4. The predicted molar refractivity (Wildman–Crippen MR) is 126 cm³/mol. The average Bonchev–Trinajstić information content (AvgIpc) is 2.82. The zero-order valence-corrected chi connectivity index (χ0v) is 19.6. The second-order valence-electron chi connectivity index (χ2n) is 8.08.